The van der Waals surface area contributed by atoms with Crippen LogP contribution in [0.3, 0.4) is 0 Å². The van der Waals surface area contributed by atoms with E-state index in [1.54, 1.807) is 18.3 Å². The van der Waals surface area contributed by atoms with Crippen molar-refractivity contribution in [3.63, 3.8) is 0 Å². The highest BCUT2D eigenvalue weighted by Gasteiger charge is 2.29. The number of pyridine rings is 1. The van der Waals surface area contributed by atoms with Crippen molar-refractivity contribution in [1.29, 1.82) is 0 Å². The van der Waals surface area contributed by atoms with Gasteiger partial charge in [0.25, 0.3) is 0 Å². The zero-order valence-corrected chi connectivity index (χ0v) is 14.8. The number of benzene rings is 1. The van der Waals surface area contributed by atoms with Crippen LogP contribution in [0.2, 0.25) is 0 Å². The largest absolute Gasteiger partial charge is 0.354 e. The molecule has 1 atom stereocenters. The van der Waals surface area contributed by atoms with E-state index in [0.29, 0.717) is 12.0 Å². The summed E-state index contributed by atoms with van der Waals surface area (Å²) in [6.45, 7) is 1.92. The van der Waals surface area contributed by atoms with E-state index in [1.807, 2.05) is 6.92 Å². The van der Waals surface area contributed by atoms with Crippen LogP contribution in [-0.2, 0) is 14.6 Å². The Bertz CT molecular complexity index is 793. The molecule has 1 N–H and O–H groups in total. The summed E-state index contributed by atoms with van der Waals surface area (Å²) in [5.41, 5.74) is 0.475. The Balaban J connectivity index is 2.28. The van der Waals surface area contributed by atoms with E-state index >= 15 is 0 Å². The fourth-order valence-corrected chi connectivity index (χ4v) is 4.04. The summed E-state index contributed by atoms with van der Waals surface area (Å²) >= 11 is 0. The van der Waals surface area contributed by atoms with E-state index in [0.717, 1.165) is 25.0 Å². The van der Waals surface area contributed by atoms with Crippen LogP contribution in [0.5, 0.6) is 0 Å². The van der Waals surface area contributed by atoms with Crippen molar-refractivity contribution in [2.45, 2.75) is 36.3 Å². The smallest absolute Gasteiger partial charge is 0.220 e. The van der Waals surface area contributed by atoms with E-state index in [2.05, 4.69) is 10.3 Å². The van der Waals surface area contributed by atoms with E-state index in [1.165, 1.54) is 18.3 Å². The average Bonchev–Trinajstić information content (AvgIpc) is 2.61. The molecule has 1 amide bonds. The van der Waals surface area contributed by atoms with E-state index in [-0.39, 0.29) is 17.3 Å². The van der Waals surface area contributed by atoms with Crippen LogP contribution in [0.1, 0.15) is 37.0 Å². The van der Waals surface area contributed by atoms with Crippen LogP contribution < -0.4 is 5.32 Å². The quantitative estimate of drug-likeness (QED) is 0.731. The molecule has 0 saturated heterocycles. The Kier molecular flexibility index (Phi) is 6.64. The first-order valence-corrected chi connectivity index (χ1v) is 9.66. The molecule has 25 heavy (non-hydrogen) atoms. The standard InChI is InChI=1S/C18H21FN2O3S/c1-2-3-6-18(22)21-13-17(14-5-4-11-20-12-14)25(23,24)16-9-7-15(19)8-10-16/h4-5,7-12,17H,2-3,6,13H2,1H3,(H,21,22)/t17-/m1/s1. The first kappa shape index (κ1) is 19.1. The third-order valence-electron chi connectivity index (χ3n) is 3.81. The van der Waals surface area contributed by atoms with Crippen molar-refractivity contribution in [3.8, 4) is 0 Å². The normalized spacial score (nSPS) is 12.6. The molecule has 0 aliphatic heterocycles. The van der Waals surface area contributed by atoms with Gasteiger partial charge in [-0.3, -0.25) is 9.78 Å². The number of amides is 1. The maximum atomic E-state index is 13.1. The lowest BCUT2D eigenvalue weighted by atomic mass is 10.2. The SMILES string of the molecule is CCCCC(=O)NC[C@H](c1cccnc1)S(=O)(=O)c1ccc(F)cc1. The lowest BCUT2D eigenvalue weighted by molar-refractivity contribution is -0.121. The van der Waals surface area contributed by atoms with Crippen molar-refractivity contribution >= 4 is 15.7 Å². The molecule has 2 rings (SSSR count). The summed E-state index contributed by atoms with van der Waals surface area (Å²) in [4.78, 5) is 15.8. The van der Waals surface area contributed by atoms with Gasteiger partial charge in [-0.25, -0.2) is 12.8 Å². The fourth-order valence-electron chi connectivity index (χ4n) is 2.39. The average molecular weight is 364 g/mol. The molecule has 1 aromatic heterocycles. The third kappa shape index (κ3) is 5.09. The molecule has 0 aliphatic carbocycles. The van der Waals surface area contributed by atoms with Gasteiger partial charge in [0.1, 0.15) is 11.1 Å². The van der Waals surface area contributed by atoms with Gasteiger partial charge in [-0.15, -0.1) is 0 Å². The Labute approximate surface area is 147 Å². The highest BCUT2D eigenvalue weighted by Crippen LogP contribution is 2.28. The summed E-state index contributed by atoms with van der Waals surface area (Å²) in [7, 11) is -3.81. The summed E-state index contributed by atoms with van der Waals surface area (Å²) in [6, 6.07) is 7.96. The molecule has 0 saturated carbocycles. The molecule has 7 heteroatoms. The molecule has 1 heterocycles. The zero-order chi connectivity index (χ0) is 18.3. The number of rotatable bonds is 8. The second-order valence-corrected chi connectivity index (χ2v) is 7.81. The monoisotopic (exact) mass is 364 g/mol. The van der Waals surface area contributed by atoms with E-state index in [4.69, 9.17) is 0 Å². The molecular weight excluding hydrogens is 343 g/mol. The van der Waals surface area contributed by atoms with Crippen LogP contribution in [0.25, 0.3) is 0 Å². The van der Waals surface area contributed by atoms with Gasteiger partial charge in [-0.05, 0) is 42.3 Å². The molecule has 0 unspecified atom stereocenters. The Hall–Kier alpha value is -2.28. The van der Waals surface area contributed by atoms with Crippen molar-refractivity contribution in [1.82, 2.24) is 10.3 Å². The Morgan fingerprint density at radius 1 is 1.24 bits per heavy atom. The van der Waals surface area contributed by atoms with E-state index in [9.17, 15) is 17.6 Å². The number of nitrogens with one attached hydrogen (secondary N) is 1. The lowest BCUT2D eigenvalue weighted by Crippen LogP contribution is -2.31. The second-order valence-electron chi connectivity index (χ2n) is 5.68. The van der Waals surface area contributed by atoms with Gasteiger partial charge in [0.15, 0.2) is 9.84 Å². The van der Waals surface area contributed by atoms with Gasteiger partial charge in [0.05, 0.1) is 4.90 Å². The first-order chi connectivity index (χ1) is 11.9. The van der Waals surface area contributed by atoms with Crippen LogP contribution in [0, 0.1) is 5.82 Å². The van der Waals surface area contributed by atoms with Crippen molar-refractivity contribution in [2.24, 2.45) is 0 Å². The van der Waals surface area contributed by atoms with Crippen molar-refractivity contribution in [3.05, 3.63) is 60.2 Å². The summed E-state index contributed by atoms with van der Waals surface area (Å²) < 4.78 is 39.0. The molecule has 1 aromatic carbocycles. The van der Waals surface area contributed by atoms with Gasteiger partial charge in [0.2, 0.25) is 5.91 Å². The highest BCUT2D eigenvalue weighted by atomic mass is 32.2. The number of unbranched alkanes of at least 4 members (excludes halogenated alkanes) is 1. The minimum atomic E-state index is -3.81. The minimum absolute atomic E-state index is 0.00515. The van der Waals surface area contributed by atoms with Gasteiger partial charge in [0, 0.05) is 25.4 Å². The van der Waals surface area contributed by atoms with Crippen molar-refractivity contribution in [2.75, 3.05) is 6.54 Å². The summed E-state index contributed by atoms with van der Waals surface area (Å²) in [6.07, 6.45) is 4.99. The number of nitrogens with zero attached hydrogens (tertiary/aromatic N) is 1. The van der Waals surface area contributed by atoms with Crippen LogP contribution in [-0.4, -0.2) is 25.9 Å². The maximum absolute atomic E-state index is 13.1. The van der Waals surface area contributed by atoms with Crippen LogP contribution in [0.4, 0.5) is 4.39 Å². The Morgan fingerprint density at radius 2 is 1.96 bits per heavy atom. The number of carbonyl (C=O) groups excluding carboxylic acids is 1. The van der Waals surface area contributed by atoms with Gasteiger partial charge in [-0.2, -0.15) is 0 Å². The zero-order valence-electron chi connectivity index (χ0n) is 14.0. The van der Waals surface area contributed by atoms with Crippen LogP contribution in [0.15, 0.2) is 53.7 Å². The molecule has 0 fully saturated rings. The molecule has 0 bridgehead atoms. The number of sulfone groups is 1. The Morgan fingerprint density at radius 3 is 2.56 bits per heavy atom. The molecule has 5 nitrogen and oxygen atoms in total. The highest BCUT2D eigenvalue weighted by molar-refractivity contribution is 7.91. The lowest BCUT2D eigenvalue weighted by Gasteiger charge is -2.18. The predicted octanol–water partition coefficient (Wildman–Crippen LogP) is 3.04. The first-order valence-electron chi connectivity index (χ1n) is 8.11. The minimum Gasteiger partial charge on any atom is -0.354 e. The van der Waals surface area contributed by atoms with Crippen molar-refractivity contribution < 1.29 is 17.6 Å². The number of hydrogen-bond acceptors (Lipinski definition) is 4. The summed E-state index contributed by atoms with van der Waals surface area (Å²) in [5, 5.41) is 1.69. The van der Waals surface area contributed by atoms with Gasteiger partial charge < -0.3 is 5.32 Å². The summed E-state index contributed by atoms with van der Waals surface area (Å²) in [5.74, 6) is -0.699. The van der Waals surface area contributed by atoms with Gasteiger partial charge in [-0.1, -0.05) is 19.4 Å². The molecule has 2 aromatic rings. The number of hydrogen-bond donors (Lipinski definition) is 1. The number of carbonyl (C=O) groups is 1. The topological polar surface area (TPSA) is 76.1 Å². The van der Waals surface area contributed by atoms with Gasteiger partial charge >= 0.3 is 0 Å². The third-order valence-corrected chi connectivity index (χ3v) is 5.93. The van der Waals surface area contributed by atoms with Crippen LogP contribution >= 0.6 is 0 Å². The molecule has 134 valence electrons. The van der Waals surface area contributed by atoms with E-state index < -0.39 is 20.9 Å². The second kappa shape index (κ2) is 8.71. The molecular formula is C18H21FN2O3S. The number of halogens is 1. The number of aromatic nitrogens is 1. The molecule has 0 spiro atoms. The molecule has 0 aliphatic rings. The predicted molar refractivity (Wildman–Crippen MR) is 93.1 cm³/mol. The fraction of sp³-hybridized carbons (Fsp3) is 0.333. The molecule has 0 radical (unpaired) electrons. The maximum Gasteiger partial charge on any atom is 0.220 e.